The third-order valence-electron chi connectivity index (χ3n) is 2.89. The van der Waals surface area contributed by atoms with Crippen LogP contribution in [0.5, 0.6) is 0 Å². The van der Waals surface area contributed by atoms with E-state index in [1.54, 1.807) is 0 Å². The first kappa shape index (κ1) is 12.9. The summed E-state index contributed by atoms with van der Waals surface area (Å²) in [4.78, 5) is 24.4. The molecule has 1 saturated heterocycles. The highest BCUT2D eigenvalue weighted by Gasteiger charge is 2.53. The zero-order valence-corrected chi connectivity index (χ0v) is 9.48. The second kappa shape index (κ2) is 4.28. The van der Waals surface area contributed by atoms with E-state index < -0.39 is 41.9 Å². The molecule has 0 amide bonds. The summed E-state index contributed by atoms with van der Waals surface area (Å²) in [7, 11) is 0. The van der Waals surface area contributed by atoms with Crippen molar-refractivity contribution in [1.82, 2.24) is 14.8 Å². The second-order valence-corrected chi connectivity index (χ2v) is 4.26. The summed E-state index contributed by atoms with van der Waals surface area (Å²) in [5.41, 5.74) is -3.38. The number of hydrogen-bond acceptors (Lipinski definition) is 7. The Morgan fingerprint density at radius 2 is 2.28 bits per heavy atom. The number of nitrogens with one attached hydrogen (secondary N) is 1. The first-order valence-corrected chi connectivity index (χ1v) is 5.23. The minimum atomic E-state index is -1.82. The Morgan fingerprint density at radius 1 is 1.61 bits per heavy atom. The molecule has 0 spiro atoms. The van der Waals surface area contributed by atoms with Gasteiger partial charge in [-0.1, -0.05) is 0 Å². The Hall–Kier alpha value is -1.55. The van der Waals surface area contributed by atoms with Gasteiger partial charge in [0.05, 0.1) is 6.61 Å². The molecule has 2 rings (SSSR count). The van der Waals surface area contributed by atoms with Crippen molar-refractivity contribution in [1.29, 1.82) is 0 Å². The number of aliphatic hydroxyl groups is 3. The minimum Gasteiger partial charge on any atom is -0.394 e. The Labute approximate surface area is 100 Å². The molecule has 1 aliphatic heterocycles. The molecule has 100 valence electrons. The molecular formula is C9H13N3O6. The molecule has 0 aromatic carbocycles. The highest BCUT2D eigenvalue weighted by atomic mass is 16.6. The van der Waals surface area contributed by atoms with Crippen LogP contribution in [0.2, 0.25) is 0 Å². The number of aromatic amines is 1. The van der Waals surface area contributed by atoms with Crippen LogP contribution in [0.4, 0.5) is 0 Å². The van der Waals surface area contributed by atoms with Crippen LogP contribution in [-0.2, 0) is 4.74 Å². The van der Waals surface area contributed by atoms with Gasteiger partial charge in [-0.2, -0.15) is 9.78 Å². The van der Waals surface area contributed by atoms with Gasteiger partial charge in [0.1, 0.15) is 24.0 Å². The molecule has 0 bridgehead atoms. The van der Waals surface area contributed by atoms with Crippen molar-refractivity contribution in [3.8, 4) is 0 Å². The largest absolute Gasteiger partial charge is 0.394 e. The van der Waals surface area contributed by atoms with Crippen molar-refractivity contribution in [3.63, 3.8) is 0 Å². The van der Waals surface area contributed by atoms with Crippen molar-refractivity contribution < 1.29 is 20.1 Å². The maximum atomic E-state index is 11.5. The van der Waals surface area contributed by atoms with E-state index >= 15 is 0 Å². The lowest BCUT2D eigenvalue weighted by Gasteiger charge is -2.26. The normalized spacial score (nSPS) is 35.9. The molecule has 1 aromatic rings. The highest BCUT2D eigenvalue weighted by molar-refractivity contribution is 4.98. The zero-order chi connectivity index (χ0) is 13.5. The molecule has 1 fully saturated rings. The molecule has 18 heavy (non-hydrogen) atoms. The maximum Gasteiger partial charge on any atom is 0.347 e. The van der Waals surface area contributed by atoms with E-state index in [1.165, 1.54) is 6.92 Å². The van der Waals surface area contributed by atoms with Crippen molar-refractivity contribution in [2.24, 2.45) is 0 Å². The van der Waals surface area contributed by atoms with Gasteiger partial charge in [-0.15, -0.1) is 0 Å². The summed E-state index contributed by atoms with van der Waals surface area (Å²) < 4.78 is 5.88. The monoisotopic (exact) mass is 259 g/mol. The molecule has 0 saturated carbocycles. The molecule has 0 radical (unpaired) electrons. The summed E-state index contributed by atoms with van der Waals surface area (Å²) in [5.74, 6) is 0. The van der Waals surface area contributed by atoms with E-state index in [-0.39, 0.29) is 0 Å². The first-order valence-electron chi connectivity index (χ1n) is 5.23. The predicted octanol–water partition coefficient (Wildman–Crippen LogP) is -3.07. The molecule has 4 N–H and O–H groups in total. The van der Waals surface area contributed by atoms with E-state index in [2.05, 4.69) is 5.10 Å². The van der Waals surface area contributed by atoms with Gasteiger partial charge in [-0.3, -0.25) is 9.78 Å². The quantitative estimate of drug-likeness (QED) is 0.442. The number of hydrogen-bond donors (Lipinski definition) is 4. The smallest absolute Gasteiger partial charge is 0.347 e. The minimum absolute atomic E-state index is 0.522. The lowest BCUT2D eigenvalue weighted by atomic mass is 9.97. The van der Waals surface area contributed by atoms with Gasteiger partial charge >= 0.3 is 5.69 Å². The number of aromatic nitrogens is 3. The van der Waals surface area contributed by atoms with Gasteiger partial charge < -0.3 is 20.1 Å². The fraction of sp³-hybridized carbons (Fsp3) is 0.667. The van der Waals surface area contributed by atoms with E-state index in [0.717, 1.165) is 6.20 Å². The third-order valence-corrected chi connectivity index (χ3v) is 2.89. The van der Waals surface area contributed by atoms with Crippen LogP contribution in [0.3, 0.4) is 0 Å². The summed E-state index contributed by atoms with van der Waals surface area (Å²) >= 11 is 0. The predicted molar refractivity (Wildman–Crippen MR) is 56.7 cm³/mol. The number of aliphatic hydroxyl groups excluding tert-OH is 2. The molecular weight excluding hydrogens is 246 g/mol. The van der Waals surface area contributed by atoms with Crippen LogP contribution >= 0.6 is 0 Å². The molecule has 4 atom stereocenters. The molecule has 1 aromatic heterocycles. The number of nitrogens with zero attached hydrogens (tertiary/aromatic N) is 2. The average Bonchev–Trinajstić information content (AvgIpc) is 2.52. The molecule has 1 unspecified atom stereocenters. The lowest BCUT2D eigenvalue weighted by molar-refractivity contribution is -0.105. The topological polar surface area (TPSA) is 138 Å². The molecule has 9 heteroatoms. The summed E-state index contributed by atoms with van der Waals surface area (Å²) in [5, 5.41) is 32.4. The lowest BCUT2D eigenvalue weighted by Crippen LogP contribution is -2.47. The van der Waals surface area contributed by atoms with Crippen molar-refractivity contribution in [2.45, 2.75) is 31.0 Å². The molecule has 1 aliphatic rings. The van der Waals surface area contributed by atoms with Crippen LogP contribution in [-0.4, -0.2) is 54.5 Å². The average molecular weight is 259 g/mol. The second-order valence-electron chi connectivity index (χ2n) is 4.26. The van der Waals surface area contributed by atoms with Gasteiger partial charge in [0.2, 0.25) is 0 Å². The van der Waals surface area contributed by atoms with Crippen LogP contribution in [0.25, 0.3) is 0 Å². The summed E-state index contributed by atoms with van der Waals surface area (Å²) in [6.07, 6.45) is -2.87. The van der Waals surface area contributed by atoms with E-state index in [4.69, 9.17) is 9.84 Å². The van der Waals surface area contributed by atoms with E-state index in [0.29, 0.717) is 4.68 Å². The zero-order valence-electron chi connectivity index (χ0n) is 9.48. The number of H-pyrrole nitrogens is 1. The first-order chi connectivity index (χ1) is 8.37. The molecule has 0 aliphatic carbocycles. The number of ether oxygens (including phenoxy) is 1. The SMILES string of the molecule is C[C@@]1(O)C(O)[C@@H](CO)O[C@H]1n1ncc(=O)[nH]c1=O. The maximum absolute atomic E-state index is 11.5. The van der Waals surface area contributed by atoms with Crippen LogP contribution in [0, 0.1) is 0 Å². The van der Waals surface area contributed by atoms with Crippen LogP contribution in [0.1, 0.15) is 13.2 Å². The molecule has 2 heterocycles. The van der Waals surface area contributed by atoms with Gasteiger partial charge in [-0.25, -0.2) is 4.79 Å². The van der Waals surface area contributed by atoms with Crippen molar-refractivity contribution in [3.05, 3.63) is 27.0 Å². The fourth-order valence-corrected chi connectivity index (χ4v) is 1.88. The third kappa shape index (κ3) is 1.86. The Morgan fingerprint density at radius 3 is 2.78 bits per heavy atom. The fourth-order valence-electron chi connectivity index (χ4n) is 1.88. The highest BCUT2D eigenvalue weighted by Crippen LogP contribution is 2.36. The van der Waals surface area contributed by atoms with Crippen molar-refractivity contribution >= 4 is 0 Å². The van der Waals surface area contributed by atoms with Gasteiger partial charge in [0, 0.05) is 0 Å². The van der Waals surface area contributed by atoms with Gasteiger partial charge in [0.25, 0.3) is 5.56 Å². The Kier molecular flexibility index (Phi) is 3.07. The van der Waals surface area contributed by atoms with Crippen molar-refractivity contribution in [2.75, 3.05) is 6.61 Å². The van der Waals surface area contributed by atoms with Gasteiger partial charge in [0.15, 0.2) is 6.23 Å². The van der Waals surface area contributed by atoms with Gasteiger partial charge in [-0.05, 0) is 6.92 Å². The van der Waals surface area contributed by atoms with E-state index in [9.17, 15) is 19.8 Å². The number of rotatable bonds is 2. The Balaban J connectivity index is 2.45. The summed E-state index contributed by atoms with van der Waals surface area (Å²) in [6, 6.07) is 0. The standard InChI is InChI=1S/C9H13N3O6/c1-9(17)6(15)4(3-13)18-7(9)12-8(16)11-5(14)2-10-12/h2,4,6-7,13,15,17H,3H2,1H3,(H,11,14,16)/t4-,6?,7-,9-/m1/s1. The van der Waals surface area contributed by atoms with Crippen LogP contribution < -0.4 is 11.2 Å². The summed E-state index contributed by atoms with van der Waals surface area (Å²) in [6.45, 7) is 0.725. The Bertz CT molecular complexity index is 550. The van der Waals surface area contributed by atoms with E-state index in [1.807, 2.05) is 4.98 Å². The van der Waals surface area contributed by atoms with Crippen LogP contribution in [0.15, 0.2) is 15.8 Å². The molecule has 9 nitrogen and oxygen atoms in total.